The van der Waals surface area contributed by atoms with Crippen LogP contribution in [-0.4, -0.2) is 15.0 Å². The normalized spacial score (nSPS) is 10.8. The summed E-state index contributed by atoms with van der Waals surface area (Å²) in [4.78, 5) is 0. The number of aromatic nitrogens is 3. The van der Waals surface area contributed by atoms with Crippen molar-refractivity contribution in [2.45, 2.75) is 12.7 Å². The van der Waals surface area contributed by atoms with E-state index in [1.165, 1.54) is 10.9 Å². The molecule has 0 saturated carbocycles. The monoisotopic (exact) mass is 277 g/mol. The fourth-order valence-corrected chi connectivity index (χ4v) is 1.60. The van der Waals surface area contributed by atoms with Gasteiger partial charge in [0.2, 0.25) is 0 Å². The molecule has 0 saturated heterocycles. The van der Waals surface area contributed by atoms with Crippen molar-refractivity contribution in [1.82, 2.24) is 15.0 Å². The van der Waals surface area contributed by atoms with E-state index in [-0.39, 0.29) is 23.4 Å². The topological polar surface area (TPSA) is 78.3 Å². The SMILES string of the molecule is N#CCn1cc(-c2cc(C(F)(F)F)ccc2C#N)nn1. The summed E-state index contributed by atoms with van der Waals surface area (Å²) in [5.41, 5.74) is -0.669. The van der Waals surface area contributed by atoms with E-state index in [1.54, 1.807) is 6.07 Å². The number of rotatable bonds is 2. The second-order valence-electron chi connectivity index (χ2n) is 3.83. The van der Waals surface area contributed by atoms with Crippen LogP contribution in [0.15, 0.2) is 24.4 Å². The van der Waals surface area contributed by atoms with Crippen LogP contribution in [0.1, 0.15) is 11.1 Å². The van der Waals surface area contributed by atoms with E-state index in [0.29, 0.717) is 0 Å². The van der Waals surface area contributed by atoms with E-state index >= 15 is 0 Å². The Morgan fingerprint density at radius 2 is 2.00 bits per heavy atom. The van der Waals surface area contributed by atoms with Crippen LogP contribution in [0, 0.1) is 22.7 Å². The Hall–Kier alpha value is -2.87. The highest BCUT2D eigenvalue weighted by atomic mass is 19.4. The minimum absolute atomic E-state index is 0.0338. The molecule has 0 N–H and O–H groups in total. The molecule has 0 spiro atoms. The summed E-state index contributed by atoms with van der Waals surface area (Å²) < 4.78 is 39.2. The molecule has 1 aromatic heterocycles. The maximum Gasteiger partial charge on any atom is 0.416 e. The van der Waals surface area contributed by atoms with Crippen LogP contribution in [0.5, 0.6) is 0 Å². The number of nitriles is 2. The zero-order valence-corrected chi connectivity index (χ0v) is 9.89. The number of nitrogens with zero attached hydrogens (tertiary/aromatic N) is 5. The van der Waals surface area contributed by atoms with Crippen molar-refractivity contribution < 1.29 is 13.2 Å². The van der Waals surface area contributed by atoms with Gasteiger partial charge in [0, 0.05) is 5.56 Å². The number of alkyl halides is 3. The Morgan fingerprint density at radius 3 is 2.60 bits per heavy atom. The fourth-order valence-electron chi connectivity index (χ4n) is 1.60. The predicted molar refractivity (Wildman–Crippen MR) is 60.8 cm³/mol. The number of benzene rings is 1. The summed E-state index contributed by atoms with van der Waals surface area (Å²) >= 11 is 0. The first-order valence-electron chi connectivity index (χ1n) is 5.34. The van der Waals surface area contributed by atoms with Gasteiger partial charge in [0.05, 0.1) is 29.5 Å². The van der Waals surface area contributed by atoms with Gasteiger partial charge in [-0.25, -0.2) is 4.68 Å². The zero-order chi connectivity index (χ0) is 14.8. The Morgan fingerprint density at radius 1 is 1.25 bits per heavy atom. The molecule has 2 aromatic rings. The fraction of sp³-hybridized carbons (Fsp3) is 0.167. The molecule has 0 aliphatic rings. The standard InChI is InChI=1S/C12H6F3N5/c13-12(14,15)9-2-1-8(6-17)10(5-9)11-7-20(4-3-16)19-18-11/h1-2,5,7H,4H2. The van der Waals surface area contributed by atoms with E-state index in [2.05, 4.69) is 10.3 Å². The van der Waals surface area contributed by atoms with Gasteiger partial charge in [-0.05, 0) is 18.2 Å². The lowest BCUT2D eigenvalue weighted by atomic mass is 10.0. The summed E-state index contributed by atoms with van der Waals surface area (Å²) in [7, 11) is 0. The van der Waals surface area contributed by atoms with Crippen LogP contribution >= 0.6 is 0 Å². The minimum Gasteiger partial charge on any atom is -0.238 e. The Kier molecular flexibility index (Phi) is 3.40. The molecule has 0 atom stereocenters. The van der Waals surface area contributed by atoms with Crippen LogP contribution in [0.3, 0.4) is 0 Å². The molecule has 0 bridgehead atoms. The third kappa shape index (κ3) is 2.59. The van der Waals surface area contributed by atoms with Crippen molar-refractivity contribution in [3.8, 4) is 23.4 Å². The van der Waals surface area contributed by atoms with E-state index < -0.39 is 11.7 Å². The average Bonchev–Trinajstić information content (AvgIpc) is 2.86. The van der Waals surface area contributed by atoms with Crippen molar-refractivity contribution >= 4 is 0 Å². The molecule has 20 heavy (non-hydrogen) atoms. The smallest absolute Gasteiger partial charge is 0.238 e. The van der Waals surface area contributed by atoms with Gasteiger partial charge in [0.1, 0.15) is 12.2 Å². The first-order chi connectivity index (χ1) is 9.45. The third-order valence-corrected chi connectivity index (χ3v) is 2.51. The minimum atomic E-state index is -4.51. The number of halogens is 3. The number of hydrogen-bond acceptors (Lipinski definition) is 4. The number of hydrogen-bond donors (Lipinski definition) is 0. The summed E-state index contributed by atoms with van der Waals surface area (Å²) in [5.74, 6) is 0. The van der Waals surface area contributed by atoms with Crippen LogP contribution in [-0.2, 0) is 12.7 Å². The lowest BCUT2D eigenvalue weighted by Crippen LogP contribution is -2.05. The highest BCUT2D eigenvalue weighted by Crippen LogP contribution is 2.33. The molecule has 1 aromatic carbocycles. The van der Waals surface area contributed by atoms with E-state index in [1.807, 2.05) is 6.07 Å². The molecule has 0 aliphatic carbocycles. The highest BCUT2D eigenvalue weighted by molar-refractivity contribution is 5.67. The molecule has 2 rings (SSSR count). The highest BCUT2D eigenvalue weighted by Gasteiger charge is 2.31. The molecule has 0 unspecified atom stereocenters. The third-order valence-electron chi connectivity index (χ3n) is 2.51. The van der Waals surface area contributed by atoms with Crippen LogP contribution in [0.2, 0.25) is 0 Å². The van der Waals surface area contributed by atoms with Gasteiger partial charge < -0.3 is 0 Å². The van der Waals surface area contributed by atoms with E-state index in [0.717, 1.165) is 18.2 Å². The first-order valence-corrected chi connectivity index (χ1v) is 5.34. The van der Waals surface area contributed by atoms with Gasteiger partial charge in [0.15, 0.2) is 0 Å². The molecular formula is C12H6F3N5. The molecular weight excluding hydrogens is 271 g/mol. The van der Waals surface area contributed by atoms with Crippen LogP contribution in [0.4, 0.5) is 13.2 Å². The predicted octanol–water partition coefficient (Wildman–Crippen LogP) is 2.36. The van der Waals surface area contributed by atoms with Crippen molar-refractivity contribution in [1.29, 1.82) is 10.5 Å². The zero-order valence-electron chi connectivity index (χ0n) is 9.89. The summed E-state index contributed by atoms with van der Waals surface area (Å²) in [5, 5.41) is 24.7. The molecule has 1 heterocycles. The molecule has 100 valence electrons. The Bertz CT molecular complexity index is 718. The summed E-state index contributed by atoms with van der Waals surface area (Å²) in [6, 6.07) is 6.40. The van der Waals surface area contributed by atoms with Crippen LogP contribution in [0.25, 0.3) is 11.3 Å². The molecule has 0 radical (unpaired) electrons. The maximum atomic E-state index is 12.7. The lowest BCUT2D eigenvalue weighted by molar-refractivity contribution is -0.137. The van der Waals surface area contributed by atoms with Crippen molar-refractivity contribution in [3.05, 3.63) is 35.5 Å². The second kappa shape index (κ2) is 5.02. The molecule has 0 aliphatic heterocycles. The largest absolute Gasteiger partial charge is 0.416 e. The van der Waals surface area contributed by atoms with Gasteiger partial charge in [-0.3, -0.25) is 0 Å². The quantitative estimate of drug-likeness (QED) is 0.844. The van der Waals surface area contributed by atoms with Crippen molar-refractivity contribution in [2.75, 3.05) is 0 Å². The Labute approximate surface area is 111 Å². The molecule has 5 nitrogen and oxygen atoms in total. The van der Waals surface area contributed by atoms with Gasteiger partial charge in [-0.2, -0.15) is 23.7 Å². The van der Waals surface area contributed by atoms with Crippen LogP contribution < -0.4 is 0 Å². The van der Waals surface area contributed by atoms with E-state index in [9.17, 15) is 13.2 Å². The maximum absolute atomic E-state index is 12.7. The molecule has 0 amide bonds. The van der Waals surface area contributed by atoms with Gasteiger partial charge in [-0.1, -0.05) is 5.21 Å². The summed E-state index contributed by atoms with van der Waals surface area (Å²) in [6.45, 7) is -0.0755. The Balaban J connectivity index is 2.53. The van der Waals surface area contributed by atoms with Crippen molar-refractivity contribution in [2.24, 2.45) is 0 Å². The second-order valence-corrected chi connectivity index (χ2v) is 3.83. The average molecular weight is 277 g/mol. The summed E-state index contributed by atoms with van der Waals surface area (Å²) in [6.07, 6.45) is -3.19. The van der Waals surface area contributed by atoms with Crippen molar-refractivity contribution in [3.63, 3.8) is 0 Å². The van der Waals surface area contributed by atoms with Gasteiger partial charge in [-0.15, -0.1) is 5.10 Å². The molecule has 8 heteroatoms. The first kappa shape index (κ1) is 13.6. The van der Waals surface area contributed by atoms with Gasteiger partial charge >= 0.3 is 6.18 Å². The van der Waals surface area contributed by atoms with Gasteiger partial charge in [0.25, 0.3) is 0 Å². The molecule has 0 fully saturated rings. The van der Waals surface area contributed by atoms with E-state index in [4.69, 9.17) is 10.5 Å². The lowest BCUT2D eigenvalue weighted by Gasteiger charge is -2.08.